The van der Waals surface area contributed by atoms with Crippen molar-refractivity contribution < 1.29 is 17.9 Å². The molecule has 1 aliphatic heterocycles. The zero-order valence-electron chi connectivity index (χ0n) is 17.9. The minimum absolute atomic E-state index is 0.0201. The highest BCUT2D eigenvalue weighted by atomic mass is 32.2. The maximum Gasteiger partial charge on any atom is 0.254 e. The van der Waals surface area contributed by atoms with Crippen LogP contribution in [0.3, 0.4) is 0 Å². The minimum Gasteiger partial charge on any atom is -0.494 e. The SMILES string of the molecule is CCCOc1ccc(C(=O)N(Cc2ccc(N(C)C)cc2)C2CCS(=O)(=O)C2)cc1. The van der Waals surface area contributed by atoms with Gasteiger partial charge in [0.1, 0.15) is 5.75 Å². The van der Waals surface area contributed by atoms with Crippen LogP contribution in [0.25, 0.3) is 0 Å². The van der Waals surface area contributed by atoms with Crippen molar-refractivity contribution >= 4 is 21.4 Å². The van der Waals surface area contributed by atoms with E-state index in [9.17, 15) is 13.2 Å². The van der Waals surface area contributed by atoms with Crippen molar-refractivity contribution in [1.82, 2.24) is 4.90 Å². The van der Waals surface area contributed by atoms with Crippen molar-refractivity contribution in [2.45, 2.75) is 32.4 Å². The maximum atomic E-state index is 13.3. The van der Waals surface area contributed by atoms with Gasteiger partial charge in [-0.3, -0.25) is 4.79 Å². The number of anilines is 1. The van der Waals surface area contributed by atoms with Gasteiger partial charge < -0.3 is 14.5 Å². The number of sulfone groups is 1. The third kappa shape index (κ3) is 5.53. The van der Waals surface area contributed by atoms with E-state index < -0.39 is 9.84 Å². The average molecular weight is 431 g/mol. The van der Waals surface area contributed by atoms with Crippen molar-refractivity contribution in [3.63, 3.8) is 0 Å². The maximum absolute atomic E-state index is 13.3. The van der Waals surface area contributed by atoms with Gasteiger partial charge in [-0.25, -0.2) is 8.42 Å². The highest BCUT2D eigenvalue weighted by Crippen LogP contribution is 2.24. The monoisotopic (exact) mass is 430 g/mol. The Morgan fingerprint density at radius 2 is 1.73 bits per heavy atom. The van der Waals surface area contributed by atoms with E-state index in [0.29, 0.717) is 25.1 Å². The first-order valence-corrected chi connectivity index (χ1v) is 12.1. The molecule has 2 aromatic carbocycles. The lowest BCUT2D eigenvalue weighted by Crippen LogP contribution is -2.40. The van der Waals surface area contributed by atoms with Gasteiger partial charge in [0.05, 0.1) is 18.1 Å². The first kappa shape index (κ1) is 22.2. The van der Waals surface area contributed by atoms with Crippen LogP contribution >= 0.6 is 0 Å². The fourth-order valence-corrected chi connectivity index (χ4v) is 5.29. The smallest absolute Gasteiger partial charge is 0.254 e. The summed E-state index contributed by atoms with van der Waals surface area (Å²) in [5.74, 6) is 0.718. The normalized spacial score (nSPS) is 17.5. The summed E-state index contributed by atoms with van der Waals surface area (Å²) in [6.45, 7) is 3.04. The summed E-state index contributed by atoms with van der Waals surface area (Å²) in [5, 5.41) is 0. The Kier molecular flexibility index (Phi) is 7.02. The molecule has 30 heavy (non-hydrogen) atoms. The van der Waals surface area contributed by atoms with Gasteiger partial charge in [0.25, 0.3) is 5.91 Å². The molecule has 2 aromatic rings. The van der Waals surface area contributed by atoms with Crippen LogP contribution in [-0.4, -0.2) is 57.5 Å². The third-order valence-corrected chi connectivity index (χ3v) is 7.04. The molecule has 1 saturated heterocycles. The van der Waals surface area contributed by atoms with E-state index in [1.807, 2.05) is 50.2 Å². The highest BCUT2D eigenvalue weighted by molar-refractivity contribution is 7.91. The van der Waals surface area contributed by atoms with Crippen molar-refractivity contribution in [2.24, 2.45) is 0 Å². The van der Waals surface area contributed by atoms with Crippen molar-refractivity contribution in [3.05, 3.63) is 59.7 Å². The second-order valence-electron chi connectivity index (χ2n) is 7.92. The van der Waals surface area contributed by atoms with Crippen LogP contribution in [-0.2, 0) is 16.4 Å². The molecule has 7 heteroatoms. The number of rotatable bonds is 8. The van der Waals surface area contributed by atoms with Gasteiger partial charge in [-0.1, -0.05) is 19.1 Å². The molecule has 0 aromatic heterocycles. The molecule has 1 unspecified atom stereocenters. The van der Waals surface area contributed by atoms with Crippen LogP contribution in [0.4, 0.5) is 5.69 Å². The number of hydrogen-bond donors (Lipinski definition) is 0. The lowest BCUT2D eigenvalue weighted by Gasteiger charge is -2.29. The molecule has 0 spiro atoms. The molecule has 0 radical (unpaired) electrons. The van der Waals surface area contributed by atoms with E-state index >= 15 is 0 Å². The number of ether oxygens (including phenoxy) is 1. The number of amides is 1. The number of carbonyl (C=O) groups excluding carboxylic acids is 1. The largest absolute Gasteiger partial charge is 0.494 e. The van der Waals surface area contributed by atoms with E-state index in [-0.39, 0.29) is 23.5 Å². The quantitative estimate of drug-likeness (QED) is 0.642. The van der Waals surface area contributed by atoms with Gasteiger partial charge >= 0.3 is 0 Å². The first-order chi connectivity index (χ1) is 14.3. The van der Waals surface area contributed by atoms with Crippen LogP contribution in [0, 0.1) is 0 Å². The lowest BCUT2D eigenvalue weighted by molar-refractivity contribution is 0.0681. The van der Waals surface area contributed by atoms with E-state index in [1.54, 1.807) is 29.2 Å². The number of benzene rings is 2. The Labute approximate surface area is 179 Å². The zero-order chi connectivity index (χ0) is 21.7. The second-order valence-corrected chi connectivity index (χ2v) is 10.2. The Morgan fingerprint density at radius 3 is 2.27 bits per heavy atom. The van der Waals surface area contributed by atoms with Crippen LogP contribution < -0.4 is 9.64 Å². The summed E-state index contributed by atoms with van der Waals surface area (Å²) in [4.78, 5) is 17.0. The predicted molar refractivity (Wildman–Crippen MR) is 120 cm³/mol. The molecular formula is C23H30N2O4S. The van der Waals surface area contributed by atoms with E-state index in [0.717, 1.165) is 23.4 Å². The molecule has 0 bridgehead atoms. The summed E-state index contributed by atoms with van der Waals surface area (Å²) < 4.78 is 29.7. The molecule has 1 fully saturated rings. The average Bonchev–Trinajstić information content (AvgIpc) is 3.10. The molecule has 162 valence electrons. The third-order valence-electron chi connectivity index (χ3n) is 5.29. The van der Waals surface area contributed by atoms with Gasteiger partial charge in [0, 0.05) is 37.9 Å². The molecule has 1 amide bonds. The Morgan fingerprint density at radius 1 is 1.07 bits per heavy atom. The van der Waals surface area contributed by atoms with Crippen LogP contribution in [0.5, 0.6) is 5.75 Å². The van der Waals surface area contributed by atoms with Gasteiger partial charge in [-0.05, 0) is 54.8 Å². The molecule has 1 heterocycles. The van der Waals surface area contributed by atoms with E-state index in [4.69, 9.17) is 4.74 Å². The van der Waals surface area contributed by atoms with Crippen LogP contribution in [0.1, 0.15) is 35.7 Å². The molecule has 3 rings (SSSR count). The Hall–Kier alpha value is -2.54. The highest BCUT2D eigenvalue weighted by Gasteiger charge is 2.35. The summed E-state index contributed by atoms with van der Waals surface area (Å²) in [5.41, 5.74) is 2.58. The summed E-state index contributed by atoms with van der Waals surface area (Å²) in [6.07, 6.45) is 1.39. The van der Waals surface area contributed by atoms with Gasteiger partial charge in [0.15, 0.2) is 9.84 Å². The lowest BCUT2D eigenvalue weighted by atomic mass is 10.1. The van der Waals surface area contributed by atoms with Crippen molar-refractivity contribution in [2.75, 3.05) is 37.1 Å². The molecule has 0 N–H and O–H groups in total. The summed E-state index contributed by atoms with van der Waals surface area (Å²) in [6, 6.07) is 14.7. The fourth-order valence-electron chi connectivity index (χ4n) is 3.56. The number of nitrogens with zero attached hydrogens (tertiary/aromatic N) is 2. The Balaban J connectivity index is 1.82. The number of carbonyl (C=O) groups is 1. The fraction of sp³-hybridized carbons (Fsp3) is 0.435. The van der Waals surface area contributed by atoms with Gasteiger partial charge in [-0.2, -0.15) is 0 Å². The first-order valence-electron chi connectivity index (χ1n) is 10.3. The van der Waals surface area contributed by atoms with Crippen LogP contribution in [0.2, 0.25) is 0 Å². The van der Waals surface area contributed by atoms with Gasteiger partial charge in [-0.15, -0.1) is 0 Å². The van der Waals surface area contributed by atoms with Gasteiger partial charge in [0.2, 0.25) is 0 Å². The topological polar surface area (TPSA) is 66.9 Å². The minimum atomic E-state index is -3.10. The zero-order valence-corrected chi connectivity index (χ0v) is 18.7. The number of hydrogen-bond acceptors (Lipinski definition) is 5. The molecule has 1 atom stereocenters. The van der Waals surface area contributed by atoms with E-state index in [2.05, 4.69) is 0 Å². The predicted octanol–water partition coefficient (Wildman–Crippen LogP) is 3.37. The molecular weight excluding hydrogens is 400 g/mol. The van der Waals surface area contributed by atoms with Crippen molar-refractivity contribution in [1.29, 1.82) is 0 Å². The summed E-state index contributed by atoms with van der Waals surface area (Å²) >= 11 is 0. The second kappa shape index (κ2) is 9.51. The van der Waals surface area contributed by atoms with Crippen LogP contribution in [0.15, 0.2) is 48.5 Å². The standard InChI is InChI=1S/C23H30N2O4S/c1-4-14-29-22-11-7-19(8-12-22)23(26)25(21-13-15-30(27,28)17-21)16-18-5-9-20(10-6-18)24(2)3/h5-12,21H,4,13-17H2,1-3H3. The summed E-state index contributed by atoms with van der Waals surface area (Å²) in [7, 11) is 0.845. The van der Waals surface area contributed by atoms with Crippen molar-refractivity contribution in [3.8, 4) is 5.75 Å². The van der Waals surface area contributed by atoms with E-state index in [1.165, 1.54) is 0 Å². The molecule has 1 aliphatic rings. The molecule has 0 saturated carbocycles. The molecule has 0 aliphatic carbocycles. The molecule has 6 nitrogen and oxygen atoms in total. The Bertz CT molecular complexity index is 954.